The fourth-order valence-corrected chi connectivity index (χ4v) is 4.42. The van der Waals surface area contributed by atoms with Crippen molar-refractivity contribution in [2.75, 3.05) is 25.1 Å². The number of anilines is 1. The lowest BCUT2D eigenvalue weighted by Crippen LogP contribution is -2.56. The van der Waals surface area contributed by atoms with Gasteiger partial charge in [0.25, 0.3) is 0 Å². The number of piperidine rings is 1. The molecule has 2 unspecified atom stereocenters. The van der Waals surface area contributed by atoms with Crippen molar-refractivity contribution in [2.24, 2.45) is 0 Å². The third-order valence-corrected chi connectivity index (χ3v) is 6.01. The molecule has 2 heterocycles. The molecule has 0 aromatic carbocycles. The van der Waals surface area contributed by atoms with E-state index in [-0.39, 0.29) is 6.10 Å². The first-order valence-electron chi connectivity index (χ1n) is 10.8. The molecule has 0 radical (unpaired) electrons. The van der Waals surface area contributed by atoms with Crippen LogP contribution in [-0.4, -0.2) is 54.8 Å². The molecule has 0 bridgehead atoms. The maximum absolute atomic E-state index is 8.49. The summed E-state index contributed by atoms with van der Waals surface area (Å²) in [6.07, 6.45) is 12.9. The standard InChI is InChI=1S/C23H35N5O/c1-16-13-19(20(25)10-9-17(2)24)23(26-14-16)28-12-11-21(22(15-28)29-3)27-18-7-5-4-6-8-18/h9-10,13-14,18,21-22,24-25,27H,4-8,11-12,15H2,1-3H3. The largest absolute Gasteiger partial charge is 0.378 e. The predicted octanol–water partition coefficient (Wildman–Crippen LogP) is 3.87. The minimum absolute atomic E-state index is 0.107. The number of nitrogens with zero attached hydrogens (tertiary/aromatic N) is 2. The SMILES string of the molecule is COC1CN(c2ncc(C)cc2C(=N)C=CC(C)=N)CCC1NC1CCCCC1. The Morgan fingerprint density at radius 1 is 1.21 bits per heavy atom. The highest BCUT2D eigenvalue weighted by molar-refractivity contribution is 6.12. The summed E-state index contributed by atoms with van der Waals surface area (Å²) in [5.41, 5.74) is 2.67. The first kappa shape index (κ1) is 21.7. The number of allylic oxidation sites excluding steroid dienone is 2. The number of hydrogen-bond donors (Lipinski definition) is 3. The van der Waals surface area contributed by atoms with Crippen molar-refractivity contribution in [3.63, 3.8) is 0 Å². The van der Waals surface area contributed by atoms with Crippen LogP contribution < -0.4 is 10.2 Å². The summed E-state index contributed by atoms with van der Waals surface area (Å²) < 4.78 is 5.87. The van der Waals surface area contributed by atoms with Crippen LogP contribution in [0.2, 0.25) is 0 Å². The van der Waals surface area contributed by atoms with E-state index in [2.05, 4.69) is 15.2 Å². The zero-order valence-electron chi connectivity index (χ0n) is 18.0. The number of nitrogens with one attached hydrogen (secondary N) is 3. The Labute approximate surface area is 174 Å². The molecule has 3 N–H and O–H groups in total. The first-order valence-corrected chi connectivity index (χ1v) is 10.8. The molecule has 29 heavy (non-hydrogen) atoms. The monoisotopic (exact) mass is 397 g/mol. The van der Waals surface area contributed by atoms with Crippen LogP contribution >= 0.6 is 0 Å². The van der Waals surface area contributed by atoms with Crippen molar-refractivity contribution in [2.45, 2.75) is 70.6 Å². The quantitative estimate of drug-likeness (QED) is 0.610. The molecule has 1 aliphatic heterocycles. The van der Waals surface area contributed by atoms with E-state index in [9.17, 15) is 0 Å². The van der Waals surface area contributed by atoms with Crippen LogP contribution in [0.3, 0.4) is 0 Å². The van der Waals surface area contributed by atoms with Gasteiger partial charge >= 0.3 is 0 Å². The van der Waals surface area contributed by atoms with Gasteiger partial charge in [-0.3, -0.25) is 0 Å². The van der Waals surface area contributed by atoms with Crippen LogP contribution in [0.5, 0.6) is 0 Å². The Morgan fingerprint density at radius 3 is 2.66 bits per heavy atom. The predicted molar refractivity (Wildman–Crippen MR) is 120 cm³/mol. The highest BCUT2D eigenvalue weighted by atomic mass is 16.5. The van der Waals surface area contributed by atoms with E-state index in [0.29, 0.717) is 23.5 Å². The molecule has 158 valence electrons. The zero-order valence-corrected chi connectivity index (χ0v) is 18.0. The number of aromatic nitrogens is 1. The van der Waals surface area contributed by atoms with E-state index < -0.39 is 0 Å². The normalized spacial score (nSPS) is 23.5. The van der Waals surface area contributed by atoms with E-state index in [1.54, 1.807) is 26.2 Å². The molecule has 6 heteroatoms. The van der Waals surface area contributed by atoms with Crippen LogP contribution in [0.15, 0.2) is 24.4 Å². The molecule has 2 fully saturated rings. The Morgan fingerprint density at radius 2 is 1.97 bits per heavy atom. The maximum atomic E-state index is 8.49. The molecule has 0 amide bonds. The highest BCUT2D eigenvalue weighted by Gasteiger charge is 2.32. The minimum Gasteiger partial charge on any atom is -0.378 e. The van der Waals surface area contributed by atoms with Gasteiger partial charge in [0.2, 0.25) is 0 Å². The summed E-state index contributed by atoms with van der Waals surface area (Å²) in [5, 5.41) is 19.9. The second-order valence-corrected chi connectivity index (χ2v) is 8.43. The van der Waals surface area contributed by atoms with Crippen LogP contribution in [0.25, 0.3) is 0 Å². The lowest BCUT2D eigenvalue weighted by Gasteiger charge is -2.41. The summed E-state index contributed by atoms with van der Waals surface area (Å²) in [6, 6.07) is 3.00. The number of rotatable bonds is 7. The number of hydrogen-bond acceptors (Lipinski definition) is 6. The summed E-state index contributed by atoms with van der Waals surface area (Å²) in [6.45, 7) is 5.38. The molecule has 1 aliphatic carbocycles. The Bertz CT molecular complexity index is 754. The van der Waals surface area contributed by atoms with Crippen molar-refractivity contribution >= 4 is 17.2 Å². The number of aryl methyl sites for hydroxylation is 1. The van der Waals surface area contributed by atoms with Crippen LogP contribution in [-0.2, 0) is 4.74 Å². The van der Waals surface area contributed by atoms with Crippen molar-refractivity contribution in [3.05, 3.63) is 35.5 Å². The highest BCUT2D eigenvalue weighted by Crippen LogP contribution is 2.26. The van der Waals surface area contributed by atoms with Crippen molar-refractivity contribution in [1.82, 2.24) is 10.3 Å². The zero-order chi connectivity index (χ0) is 20.8. The molecule has 1 saturated carbocycles. The number of methoxy groups -OCH3 is 1. The van der Waals surface area contributed by atoms with Gasteiger partial charge in [-0.25, -0.2) is 4.98 Å². The lowest BCUT2D eigenvalue weighted by molar-refractivity contribution is 0.0534. The summed E-state index contributed by atoms with van der Waals surface area (Å²) in [7, 11) is 1.80. The Hall–Kier alpha value is -2.05. The fourth-order valence-electron chi connectivity index (χ4n) is 4.42. The van der Waals surface area contributed by atoms with Gasteiger partial charge in [0.15, 0.2) is 0 Å². The molecular weight excluding hydrogens is 362 g/mol. The van der Waals surface area contributed by atoms with E-state index in [4.69, 9.17) is 15.6 Å². The third-order valence-electron chi connectivity index (χ3n) is 6.01. The topological polar surface area (TPSA) is 85.1 Å². The lowest BCUT2D eigenvalue weighted by atomic mass is 9.92. The van der Waals surface area contributed by atoms with E-state index in [1.807, 2.05) is 19.2 Å². The third kappa shape index (κ3) is 5.73. The van der Waals surface area contributed by atoms with Gasteiger partial charge in [0, 0.05) is 49.8 Å². The molecular formula is C23H35N5O. The van der Waals surface area contributed by atoms with Gasteiger partial charge in [-0.1, -0.05) is 19.3 Å². The van der Waals surface area contributed by atoms with Crippen LogP contribution in [0.4, 0.5) is 5.82 Å². The van der Waals surface area contributed by atoms with Crippen molar-refractivity contribution < 1.29 is 4.74 Å². The molecule has 3 rings (SSSR count). The van der Waals surface area contributed by atoms with Crippen LogP contribution in [0, 0.1) is 17.7 Å². The van der Waals surface area contributed by atoms with Crippen molar-refractivity contribution in [3.8, 4) is 0 Å². The molecule has 2 atom stereocenters. The van der Waals surface area contributed by atoms with Crippen LogP contribution in [0.1, 0.15) is 56.6 Å². The van der Waals surface area contributed by atoms with Gasteiger partial charge in [-0.2, -0.15) is 0 Å². The number of ether oxygens (including phenoxy) is 1. The second-order valence-electron chi connectivity index (χ2n) is 8.43. The summed E-state index contributed by atoms with van der Waals surface area (Å²) >= 11 is 0. The fraction of sp³-hybridized carbons (Fsp3) is 0.609. The van der Waals surface area contributed by atoms with Gasteiger partial charge in [0.05, 0.1) is 11.8 Å². The maximum Gasteiger partial charge on any atom is 0.138 e. The van der Waals surface area contributed by atoms with Gasteiger partial charge < -0.3 is 25.8 Å². The van der Waals surface area contributed by atoms with Gasteiger partial charge in [-0.05, 0) is 56.9 Å². The molecule has 0 spiro atoms. The molecule has 1 aromatic rings. The average molecular weight is 398 g/mol. The van der Waals surface area contributed by atoms with Crippen molar-refractivity contribution in [1.29, 1.82) is 10.8 Å². The van der Waals surface area contributed by atoms with E-state index >= 15 is 0 Å². The molecule has 1 aromatic heterocycles. The summed E-state index contributed by atoms with van der Waals surface area (Å²) in [4.78, 5) is 6.93. The minimum atomic E-state index is 0.107. The molecule has 6 nitrogen and oxygen atoms in total. The average Bonchev–Trinajstić information content (AvgIpc) is 2.73. The smallest absolute Gasteiger partial charge is 0.138 e. The Balaban J connectivity index is 1.74. The second kappa shape index (κ2) is 10.1. The van der Waals surface area contributed by atoms with E-state index in [1.165, 1.54) is 32.1 Å². The first-order chi connectivity index (χ1) is 14.0. The van der Waals surface area contributed by atoms with E-state index in [0.717, 1.165) is 36.5 Å². The summed E-state index contributed by atoms with van der Waals surface area (Å²) in [5.74, 6) is 0.839. The number of pyridine rings is 1. The molecule has 2 aliphatic rings. The molecule has 1 saturated heterocycles. The Kier molecular flexibility index (Phi) is 7.56. The van der Waals surface area contributed by atoms with Gasteiger partial charge in [-0.15, -0.1) is 0 Å². The van der Waals surface area contributed by atoms with Gasteiger partial charge in [0.1, 0.15) is 5.82 Å².